The quantitative estimate of drug-likeness (QED) is 0.681. The van der Waals surface area contributed by atoms with Crippen LogP contribution in [-0.4, -0.2) is 32.2 Å². The Hall–Kier alpha value is -0.510. The lowest BCUT2D eigenvalue weighted by Gasteiger charge is -2.15. The van der Waals surface area contributed by atoms with Gasteiger partial charge in [0.2, 0.25) is 0 Å². The van der Waals surface area contributed by atoms with Gasteiger partial charge in [0.15, 0.2) is 5.78 Å². The van der Waals surface area contributed by atoms with Crippen molar-refractivity contribution in [1.82, 2.24) is 0 Å². The summed E-state index contributed by atoms with van der Waals surface area (Å²) in [4.78, 5) is 14.9. The molecule has 0 amide bonds. The molecule has 1 aromatic carbocycles. The fraction of sp³-hybridized carbons (Fsp3) is 0.462. The van der Waals surface area contributed by atoms with Gasteiger partial charge in [0.1, 0.15) is 0 Å². The van der Waals surface area contributed by atoms with Crippen molar-refractivity contribution >= 4 is 17.5 Å². The average Bonchev–Trinajstić information content (AvgIpc) is 2.40. The number of ketones is 1. The van der Waals surface area contributed by atoms with Crippen LogP contribution in [0.1, 0.15) is 16.8 Å². The molecule has 0 bridgehead atoms. The summed E-state index contributed by atoms with van der Waals surface area (Å²) >= 11 is 1.81. The van der Waals surface area contributed by atoms with Gasteiger partial charge in [-0.2, -0.15) is 0 Å². The largest absolute Gasteiger partial charge is 1.00 e. The monoisotopic (exact) mass is 271 g/mol. The number of fused-ring (bicyclic) bond motifs is 1. The molecule has 4 heteroatoms. The summed E-state index contributed by atoms with van der Waals surface area (Å²) in [6.45, 7) is 0.938. The van der Waals surface area contributed by atoms with Crippen LogP contribution in [-0.2, 0) is 0 Å². The number of thioether (sulfide) groups is 1. The molecule has 1 aromatic rings. The van der Waals surface area contributed by atoms with E-state index in [1.807, 2.05) is 30.0 Å². The fourth-order valence-corrected chi connectivity index (χ4v) is 3.27. The molecule has 0 spiro atoms. The summed E-state index contributed by atoms with van der Waals surface area (Å²) in [6, 6.07) is 8.00. The molecule has 0 aliphatic carbocycles. The van der Waals surface area contributed by atoms with Crippen LogP contribution in [0.2, 0.25) is 0 Å². The first kappa shape index (κ1) is 14.6. The Labute approximate surface area is 113 Å². The first-order valence-corrected chi connectivity index (χ1v) is 6.72. The second-order valence-corrected chi connectivity index (χ2v) is 5.74. The van der Waals surface area contributed by atoms with E-state index in [-0.39, 0.29) is 18.3 Å². The zero-order chi connectivity index (χ0) is 11.5. The summed E-state index contributed by atoms with van der Waals surface area (Å²) in [5.41, 5.74) is 0.927. The molecule has 94 valence electrons. The summed E-state index contributed by atoms with van der Waals surface area (Å²) < 4.78 is 0. The molecule has 1 aliphatic rings. The van der Waals surface area contributed by atoms with Gasteiger partial charge in [-0.05, 0) is 18.2 Å². The van der Waals surface area contributed by atoms with Gasteiger partial charge in [-0.15, -0.1) is 11.8 Å². The molecule has 0 saturated heterocycles. The molecule has 0 radical (unpaired) electrons. The first-order chi connectivity index (χ1) is 7.68. The Morgan fingerprint density at radius 1 is 1.35 bits per heavy atom. The number of carbonyl (C=O) groups is 1. The third-order valence-electron chi connectivity index (χ3n) is 2.90. The Kier molecular flexibility index (Phi) is 5.50. The van der Waals surface area contributed by atoms with E-state index in [2.05, 4.69) is 20.2 Å². The van der Waals surface area contributed by atoms with Crippen molar-refractivity contribution in [3.05, 3.63) is 29.8 Å². The molecular formula is C13H18ClNOS. The zero-order valence-corrected chi connectivity index (χ0v) is 11.8. The minimum Gasteiger partial charge on any atom is -1.00 e. The molecule has 1 heterocycles. The molecule has 0 aromatic heterocycles. The van der Waals surface area contributed by atoms with E-state index < -0.39 is 0 Å². The maximum absolute atomic E-state index is 12.3. The zero-order valence-electron chi connectivity index (χ0n) is 10.2. The third-order valence-corrected chi connectivity index (χ3v) is 4.01. The smallest absolute Gasteiger partial charge is 0.172 e. The van der Waals surface area contributed by atoms with Crippen molar-refractivity contribution in [2.75, 3.05) is 26.4 Å². The lowest BCUT2D eigenvalue weighted by Crippen LogP contribution is -3.06. The Morgan fingerprint density at radius 2 is 2.06 bits per heavy atom. The van der Waals surface area contributed by atoms with Crippen LogP contribution in [0.4, 0.5) is 0 Å². The van der Waals surface area contributed by atoms with Crippen LogP contribution in [0.3, 0.4) is 0 Å². The van der Waals surface area contributed by atoms with E-state index in [1.165, 1.54) is 4.90 Å². The number of nitrogens with one attached hydrogen (secondary N) is 1. The van der Waals surface area contributed by atoms with E-state index in [0.717, 1.165) is 29.2 Å². The van der Waals surface area contributed by atoms with Crippen molar-refractivity contribution in [3.8, 4) is 0 Å². The number of hydrogen-bond donors (Lipinski definition) is 1. The first-order valence-electron chi connectivity index (χ1n) is 5.73. The van der Waals surface area contributed by atoms with Crippen LogP contribution >= 0.6 is 11.8 Å². The van der Waals surface area contributed by atoms with Gasteiger partial charge in [0.25, 0.3) is 0 Å². The van der Waals surface area contributed by atoms with Gasteiger partial charge < -0.3 is 17.3 Å². The number of rotatable bonds is 2. The van der Waals surface area contributed by atoms with E-state index in [1.54, 1.807) is 0 Å². The predicted octanol–water partition coefficient (Wildman–Crippen LogP) is -1.87. The molecule has 1 unspecified atom stereocenters. The SMILES string of the molecule is C[NH+](C)CC1CCSc2ccccc2C1=O.[Cl-]. The standard InChI is InChI=1S/C13H17NOS.ClH/c1-14(2)9-10-7-8-16-12-6-4-3-5-11(12)13(10)15;/h3-6,10H,7-9H2,1-2H3;1H. The topological polar surface area (TPSA) is 21.5 Å². The molecule has 2 nitrogen and oxygen atoms in total. The second kappa shape index (κ2) is 6.43. The lowest BCUT2D eigenvalue weighted by atomic mass is 9.95. The number of halogens is 1. The normalized spacial score (nSPS) is 19.5. The number of carbonyl (C=O) groups excluding carboxylic acids is 1. The predicted molar refractivity (Wildman–Crippen MR) is 67.3 cm³/mol. The average molecular weight is 272 g/mol. The number of Topliss-reactive ketones (excluding diaryl/α,β-unsaturated/α-hetero) is 1. The van der Waals surface area contributed by atoms with E-state index >= 15 is 0 Å². The Morgan fingerprint density at radius 3 is 2.76 bits per heavy atom. The maximum Gasteiger partial charge on any atom is 0.172 e. The molecule has 1 N–H and O–H groups in total. The van der Waals surface area contributed by atoms with Gasteiger partial charge in [-0.25, -0.2) is 0 Å². The Bertz CT molecular complexity index is 395. The van der Waals surface area contributed by atoms with Crippen molar-refractivity contribution in [2.24, 2.45) is 5.92 Å². The van der Waals surface area contributed by atoms with Crippen LogP contribution in [0.15, 0.2) is 29.2 Å². The summed E-state index contributed by atoms with van der Waals surface area (Å²) in [5, 5.41) is 0. The molecule has 1 aliphatic heterocycles. The highest BCUT2D eigenvalue weighted by Crippen LogP contribution is 2.30. The molecule has 0 saturated carbocycles. The molecule has 1 atom stereocenters. The fourth-order valence-electron chi connectivity index (χ4n) is 2.15. The van der Waals surface area contributed by atoms with Crippen molar-refractivity contribution in [3.63, 3.8) is 0 Å². The molecule has 2 rings (SSSR count). The Balaban J connectivity index is 0.00000144. The van der Waals surface area contributed by atoms with E-state index in [9.17, 15) is 4.79 Å². The minimum atomic E-state index is 0. The molecular weight excluding hydrogens is 254 g/mol. The van der Waals surface area contributed by atoms with E-state index in [4.69, 9.17) is 0 Å². The highest BCUT2D eigenvalue weighted by Gasteiger charge is 2.27. The van der Waals surface area contributed by atoms with Crippen LogP contribution in [0.25, 0.3) is 0 Å². The van der Waals surface area contributed by atoms with Crippen LogP contribution in [0.5, 0.6) is 0 Å². The number of hydrogen-bond acceptors (Lipinski definition) is 2. The molecule has 0 fully saturated rings. The van der Waals surface area contributed by atoms with Crippen LogP contribution in [0, 0.1) is 5.92 Å². The lowest BCUT2D eigenvalue weighted by molar-refractivity contribution is -0.860. The van der Waals surface area contributed by atoms with Crippen molar-refractivity contribution in [2.45, 2.75) is 11.3 Å². The molecule has 17 heavy (non-hydrogen) atoms. The van der Waals surface area contributed by atoms with Crippen molar-refractivity contribution in [1.29, 1.82) is 0 Å². The van der Waals surface area contributed by atoms with Gasteiger partial charge in [-0.3, -0.25) is 4.79 Å². The van der Waals surface area contributed by atoms with Gasteiger partial charge in [0, 0.05) is 10.5 Å². The second-order valence-electron chi connectivity index (χ2n) is 4.61. The van der Waals surface area contributed by atoms with Crippen molar-refractivity contribution < 1.29 is 22.1 Å². The summed E-state index contributed by atoms with van der Waals surface area (Å²) in [7, 11) is 4.22. The third kappa shape index (κ3) is 3.47. The number of benzene rings is 1. The maximum atomic E-state index is 12.3. The number of quaternary nitrogens is 1. The van der Waals surface area contributed by atoms with Crippen LogP contribution < -0.4 is 17.3 Å². The highest BCUT2D eigenvalue weighted by molar-refractivity contribution is 7.99. The minimum absolute atomic E-state index is 0. The highest BCUT2D eigenvalue weighted by atomic mass is 35.5. The van der Waals surface area contributed by atoms with E-state index in [0.29, 0.717) is 5.78 Å². The van der Waals surface area contributed by atoms with Gasteiger partial charge in [-0.1, -0.05) is 18.2 Å². The van der Waals surface area contributed by atoms with Gasteiger partial charge >= 0.3 is 0 Å². The summed E-state index contributed by atoms with van der Waals surface area (Å²) in [6.07, 6.45) is 1.00. The summed E-state index contributed by atoms with van der Waals surface area (Å²) in [5.74, 6) is 1.59. The van der Waals surface area contributed by atoms with Gasteiger partial charge in [0.05, 0.1) is 26.6 Å².